The van der Waals surface area contributed by atoms with Crippen LogP contribution in [0.25, 0.3) is 0 Å². The first-order valence-electron chi connectivity index (χ1n) is 7.08. The van der Waals surface area contributed by atoms with Crippen molar-refractivity contribution in [1.82, 2.24) is 14.8 Å². The first-order valence-corrected chi connectivity index (χ1v) is 7.08. The van der Waals surface area contributed by atoms with Crippen molar-refractivity contribution in [3.63, 3.8) is 0 Å². The molecule has 1 saturated heterocycles. The summed E-state index contributed by atoms with van der Waals surface area (Å²) in [5, 5.41) is 3.24. The van der Waals surface area contributed by atoms with Gasteiger partial charge in [0.05, 0.1) is 6.54 Å². The Bertz CT molecular complexity index is 441. The summed E-state index contributed by atoms with van der Waals surface area (Å²) in [5.41, 5.74) is 0.352. The Morgan fingerprint density at radius 1 is 1.60 bits per heavy atom. The van der Waals surface area contributed by atoms with Crippen molar-refractivity contribution in [3.8, 4) is 0 Å². The predicted octanol–water partition coefficient (Wildman–Crippen LogP) is 1.97. The molecule has 112 valence electrons. The lowest BCUT2D eigenvalue weighted by molar-refractivity contribution is 0.0672. The molecular weight excluding hydrogens is 264 g/mol. The molecule has 1 atom stereocenters. The maximum atomic E-state index is 12.6. The number of carbonyl (C=O) groups is 1. The molecule has 0 saturated carbocycles. The van der Waals surface area contributed by atoms with Crippen LogP contribution in [-0.4, -0.2) is 47.5 Å². The Labute approximate surface area is 117 Å². The second-order valence-electron chi connectivity index (χ2n) is 5.08. The Balaban J connectivity index is 2.16. The zero-order valence-electron chi connectivity index (χ0n) is 11.7. The second kappa shape index (κ2) is 6.83. The fourth-order valence-electron chi connectivity index (χ4n) is 2.66. The molecule has 2 heterocycles. The number of hydrogen-bond donors (Lipinski definition) is 1. The maximum absolute atomic E-state index is 12.6. The second-order valence-corrected chi connectivity index (χ2v) is 5.08. The van der Waals surface area contributed by atoms with Crippen LogP contribution in [0.4, 0.5) is 8.78 Å². The van der Waals surface area contributed by atoms with Crippen molar-refractivity contribution in [1.29, 1.82) is 0 Å². The SMILES string of the molecule is CCCN(C(=O)c1cccn1CC(F)F)C1CCNC1. The summed E-state index contributed by atoms with van der Waals surface area (Å²) in [4.78, 5) is 14.4. The van der Waals surface area contributed by atoms with Crippen LogP contribution in [-0.2, 0) is 6.54 Å². The van der Waals surface area contributed by atoms with Gasteiger partial charge in [0.15, 0.2) is 0 Å². The van der Waals surface area contributed by atoms with E-state index in [1.54, 1.807) is 12.1 Å². The normalized spacial score (nSPS) is 18.7. The van der Waals surface area contributed by atoms with Gasteiger partial charge >= 0.3 is 0 Å². The van der Waals surface area contributed by atoms with Crippen molar-refractivity contribution in [2.45, 2.75) is 38.8 Å². The van der Waals surface area contributed by atoms with E-state index in [2.05, 4.69) is 5.32 Å². The number of hydrogen-bond acceptors (Lipinski definition) is 2. The summed E-state index contributed by atoms with van der Waals surface area (Å²) < 4.78 is 26.4. The summed E-state index contributed by atoms with van der Waals surface area (Å²) in [6.07, 6.45) is 0.858. The van der Waals surface area contributed by atoms with Gasteiger partial charge in [0, 0.05) is 25.3 Å². The summed E-state index contributed by atoms with van der Waals surface area (Å²) in [6, 6.07) is 3.43. The van der Waals surface area contributed by atoms with Crippen LogP contribution in [0.3, 0.4) is 0 Å². The molecule has 1 aliphatic heterocycles. The quantitative estimate of drug-likeness (QED) is 0.867. The number of nitrogens with one attached hydrogen (secondary N) is 1. The third kappa shape index (κ3) is 3.36. The largest absolute Gasteiger partial charge is 0.338 e. The fourth-order valence-corrected chi connectivity index (χ4v) is 2.66. The van der Waals surface area contributed by atoms with Crippen LogP contribution in [0.15, 0.2) is 18.3 Å². The summed E-state index contributed by atoms with van der Waals surface area (Å²) in [5.74, 6) is -0.147. The van der Waals surface area contributed by atoms with E-state index < -0.39 is 13.0 Å². The topological polar surface area (TPSA) is 37.3 Å². The fraction of sp³-hybridized carbons (Fsp3) is 0.643. The first-order chi connectivity index (χ1) is 9.63. The van der Waals surface area contributed by atoms with Crippen molar-refractivity contribution in [3.05, 3.63) is 24.0 Å². The van der Waals surface area contributed by atoms with E-state index in [1.165, 1.54) is 10.8 Å². The average Bonchev–Trinajstić information content (AvgIpc) is 3.05. The van der Waals surface area contributed by atoms with Crippen molar-refractivity contribution in [2.75, 3.05) is 19.6 Å². The van der Waals surface area contributed by atoms with Crippen molar-refractivity contribution < 1.29 is 13.6 Å². The van der Waals surface area contributed by atoms with Gasteiger partial charge in [-0.1, -0.05) is 6.92 Å². The highest BCUT2D eigenvalue weighted by molar-refractivity contribution is 5.93. The lowest BCUT2D eigenvalue weighted by Crippen LogP contribution is -2.42. The van der Waals surface area contributed by atoms with Gasteiger partial charge in [-0.3, -0.25) is 4.79 Å². The van der Waals surface area contributed by atoms with E-state index in [-0.39, 0.29) is 11.9 Å². The van der Waals surface area contributed by atoms with E-state index >= 15 is 0 Å². The first kappa shape index (κ1) is 15.0. The molecular formula is C14H21F2N3O. The Morgan fingerprint density at radius 2 is 2.40 bits per heavy atom. The Kier molecular flexibility index (Phi) is 5.11. The van der Waals surface area contributed by atoms with Crippen molar-refractivity contribution >= 4 is 5.91 Å². The number of halogens is 2. The van der Waals surface area contributed by atoms with Gasteiger partial charge in [-0.2, -0.15) is 0 Å². The van der Waals surface area contributed by atoms with Gasteiger partial charge in [0.1, 0.15) is 5.69 Å². The highest BCUT2D eigenvalue weighted by Crippen LogP contribution is 2.15. The number of amides is 1. The minimum atomic E-state index is -2.46. The zero-order valence-corrected chi connectivity index (χ0v) is 11.7. The molecule has 6 heteroatoms. The van der Waals surface area contributed by atoms with Gasteiger partial charge in [-0.05, 0) is 31.5 Å². The molecule has 0 bridgehead atoms. The number of carbonyl (C=O) groups excluding carboxylic acids is 1. The van der Waals surface area contributed by atoms with E-state index in [4.69, 9.17) is 0 Å². The highest BCUT2D eigenvalue weighted by atomic mass is 19.3. The van der Waals surface area contributed by atoms with Gasteiger partial charge < -0.3 is 14.8 Å². The standard InChI is InChI=1S/C14H21F2N3O/c1-2-7-19(11-5-6-17-9-11)14(20)12-4-3-8-18(12)10-13(15)16/h3-4,8,11,13,17H,2,5-7,9-10H2,1H3. The molecule has 2 rings (SSSR count). The lowest BCUT2D eigenvalue weighted by Gasteiger charge is -2.28. The van der Waals surface area contributed by atoms with E-state index in [9.17, 15) is 13.6 Å². The molecule has 20 heavy (non-hydrogen) atoms. The molecule has 1 aliphatic rings. The van der Waals surface area contributed by atoms with Gasteiger partial charge in [-0.25, -0.2) is 8.78 Å². The molecule has 1 amide bonds. The van der Waals surface area contributed by atoms with Crippen LogP contribution in [0.1, 0.15) is 30.3 Å². The van der Waals surface area contributed by atoms with Gasteiger partial charge in [-0.15, -0.1) is 0 Å². The number of aromatic nitrogens is 1. The van der Waals surface area contributed by atoms with Crippen LogP contribution >= 0.6 is 0 Å². The molecule has 1 aromatic heterocycles. The van der Waals surface area contributed by atoms with Crippen LogP contribution in [0.2, 0.25) is 0 Å². The summed E-state index contributed by atoms with van der Waals surface area (Å²) >= 11 is 0. The molecule has 0 spiro atoms. The van der Waals surface area contributed by atoms with Crippen LogP contribution in [0, 0.1) is 0 Å². The number of alkyl halides is 2. The maximum Gasteiger partial charge on any atom is 0.270 e. The predicted molar refractivity (Wildman–Crippen MR) is 73.0 cm³/mol. The minimum Gasteiger partial charge on any atom is -0.338 e. The van der Waals surface area contributed by atoms with E-state index in [0.717, 1.165) is 25.9 Å². The third-order valence-corrected chi connectivity index (χ3v) is 3.58. The van der Waals surface area contributed by atoms with E-state index in [0.29, 0.717) is 12.2 Å². The molecule has 4 nitrogen and oxygen atoms in total. The smallest absolute Gasteiger partial charge is 0.270 e. The summed E-state index contributed by atoms with van der Waals surface area (Å²) in [7, 11) is 0. The van der Waals surface area contributed by atoms with Gasteiger partial charge in [0.25, 0.3) is 12.3 Å². The number of rotatable bonds is 6. The number of nitrogens with zero attached hydrogens (tertiary/aromatic N) is 2. The zero-order chi connectivity index (χ0) is 14.5. The van der Waals surface area contributed by atoms with Gasteiger partial charge in [0.2, 0.25) is 0 Å². The lowest BCUT2D eigenvalue weighted by atomic mass is 10.2. The average molecular weight is 285 g/mol. The molecule has 0 aromatic carbocycles. The molecule has 1 aromatic rings. The third-order valence-electron chi connectivity index (χ3n) is 3.58. The molecule has 1 unspecified atom stereocenters. The van der Waals surface area contributed by atoms with Crippen LogP contribution < -0.4 is 5.32 Å². The molecule has 1 fully saturated rings. The highest BCUT2D eigenvalue weighted by Gasteiger charge is 2.28. The summed E-state index contributed by atoms with van der Waals surface area (Å²) in [6.45, 7) is 3.92. The van der Waals surface area contributed by atoms with Crippen LogP contribution in [0.5, 0.6) is 0 Å². The molecule has 1 N–H and O–H groups in total. The van der Waals surface area contributed by atoms with E-state index in [1.807, 2.05) is 11.8 Å². The van der Waals surface area contributed by atoms with Crippen molar-refractivity contribution in [2.24, 2.45) is 0 Å². The minimum absolute atomic E-state index is 0.147. The monoisotopic (exact) mass is 285 g/mol. The Hall–Kier alpha value is -1.43. The molecule has 0 aliphatic carbocycles. The molecule has 0 radical (unpaired) electrons. The Morgan fingerprint density at radius 3 is 3.00 bits per heavy atom.